The first-order valence-electron chi connectivity index (χ1n) is 5.44. The molecule has 0 amide bonds. The van der Waals surface area contributed by atoms with Crippen LogP contribution in [-0.2, 0) is 6.42 Å². The lowest BCUT2D eigenvalue weighted by atomic mass is 10.0. The molecule has 0 bridgehead atoms. The number of rotatable bonds is 3. The van der Waals surface area contributed by atoms with E-state index < -0.39 is 6.10 Å². The van der Waals surface area contributed by atoms with Crippen molar-refractivity contribution in [2.75, 3.05) is 0 Å². The number of aliphatic hydroxyl groups is 1. The first kappa shape index (κ1) is 13.2. The molecule has 0 heterocycles. The van der Waals surface area contributed by atoms with Gasteiger partial charge >= 0.3 is 0 Å². The first-order chi connectivity index (χ1) is 8.56. The molecule has 0 radical (unpaired) electrons. The van der Waals surface area contributed by atoms with Gasteiger partial charge in [0.15, 0.2) is 0 Å². The molecule has 1 N–H and O–H groups in total. The van der Waals surface area contributed by atoms with Crippen molar-refractivity contribution in [3.8, 4) is 0 Å². The Morgan fingerprint density at radius 3 is 2.56 bits per heavy atom. The average Bonchev–Trinajstić information content (AvgIpc) is 2.32. The molecule has 0 aliphatic rings. The van der Waals surface area contributed by atoms with Crippen molar-refractivity contribution in [3.63, 3.8) is 0 Å². The van der Waals surface area contributed by atoms with Gasteiger partial charge in [0.2, 0.25) is 0 Å². The summed E-state index contributed by atoms with van der Waals surface area (Å²) in [7, 11) is 0. The SMILES string of the molecule is OC(Cc1cccc(F)c1)c1ccc(F)c(Br)c1. The lowest BCUT2D eigenvalue weighted by Crippen LogP contribution is -2.02. The Morgan fingerprint density at radius 1 is 1.11 bits per heavy atom. The van der Waals surface area contributed by atoms with Crippen LogP contribution in [0.3, 0.4) is 0 Å². The Balaban J connectivity index is 2.16. The fraction of sp³-hybridized carbons (Fsp3) is 0.143. The largest absolute Gasteiger partial charge is 0.388 e. The Bertz CT molecular complexity index is 557. The zero-order valence-corrected chi connectivity index (χ0v) is 11.0. The second-order valence-electron chi connectivity index (χ2n) is 4.02. The molecule has 1 nitrogen and oxygen atoms in total. The van der Waals surface area contributed by atoms with Gasteiger partial charge in [0, 0.05) is 6.42 Å². The van der Waals surface area contributed by atoms with E-state index in [1.807, 2.05) is 0 Å². The topological polar surface area (TPSA) is 20.2 Å². The maximum absolute atomic E-state index is 13.1. The van der Waals surface area contributed by atoms with Gasteiger partial charge in [-0.3, -0.25) is 0 Å². The van der Waals surface area contributed by atoms with Crippen LogP contribution in [0.15, 0.2) is 46.9 Å². The Kier molecular flexibility index (Phi) is 4.09. The fourth-order valence-electron chi connectivity index (χ4n) is 1.72. The zero-order chi connectivity index (χ0) is 13.1. The van der Waals surface area contributed by atoms with Crippen molar-refractivity contribution >= 4 is 15.9 Å². The lowest BCUT2D eigenvalue weighted by molar-refractivity contribution is 0.178. The molecule has 1 atom stereocenters. The monoisotopic (exact) mass is 312 g/mol. The van der Waals surface area contributed by atoms with Gasteiger partial charge in [0.1, 0.15) is 11.6 Å². The predicted molar refractivity (Wildman–Crippen MR) is 69.2 cm³/mol. The summed E-state index contributed by atoms with van der Waals surface area (Å²) in [6.07, 6.45) is -0.501. The average molecular weight is 313 g/mol. The molecule has 0 spiro atoms. The summed E-state index contributed by atoms with van der Waals surface area (Å²) in [6.45, 7) is 0. The van der Waals surface area contributed by atoms with E-state index in [0.717, 1.165) is 0 Å². The maximum atomic E-state index is 13.1. The third kappa shape index (κ3) is 3.15. The third-order valence-corrected chi connectivity index (χ3v) is 3.25. The van der Waals surface area contributed by atoms with Gasteiger partial charge < -0.3 is 5.11 Å². The van der Waals surface area contributed by atoms with Crippen molar-refractivity contribution in [1.82, 2.24) is 0 Å². The van der Waals surface area contributed by atoms with E-state index in [0.29, 0.717) is 15.6 Å². The number of hydrogen-bond donors (Lipinski definition) is 1. The molecule has 0 aromatic heterocycles. The van der Waals surface area contributed by atoms with Gasteiger partial charge in [-0.15, -0.1) is 0 Å². The first-order valence-corrected chi connectivity index (χ1v) is 6.23. The quantitative estimate of drug-likeness (QED) is 0.908. The van der Waals surface area contributed by atoms with Crippen molar-refractivity contribution in [2.45, 2.75) is 12.5 Å². The van der Waals surface area contributed by atoms with E-state index in [-0.39, 0.29) is 18.1 Å². The molecular weight excluding hydrogens is 302 g/mol. The Morgan fingerprint density at radius 2 is 1.89 bits per heavy atom. The summed E-state index contributed by atoms with van der Waals surface area (Å²) >= 11 is 3.07. The van der Waals surface area contributed by atoms with Gasteiger partial charge in [-0.2, -0.15) is 0 Å². The van der Waals surface area contributed by atoms with Gasteiger partial charge in [-0.25, -0.2) is 8.78 Å². The van der Waals surface area contributed by atoms with Gasteiger partial charge in [0.05, 0.1) is 10.6 Å². The highest BCUT2D eigenvalue weighted by molar-refractivity contribution is 9.10. The minimum Gasteiger partial charge on any atom is -0.388 e. The molecule has 4 heteroatoms. The summed E-state index contributed by atoms with van der Waals surface area (Å²) < 4.78 is 26.4. The molecule has 18 heavy (non-hydrogen) atoms. The molecule has 0 aliphatic heterocycles. The third-order valence-electron chi connectivity index (χ3n) is 2.65. The standard InChI is InChI=1S/C14H11BrF2O/c15-12-8-10(4-5-13(12)17)14(18)7-9-2-1-3-11(16)6-9/h1-6,8,14,18H,7H2. The van der Waals surface area contributed by atoms with Crippen LogP contribution in [0.2, 0.25) is 0 Å². The van der Waals surface area contributed by atoms with Gasteiger partial charge in [-0.05, 0) is 51.3 Å². The van der Waals surface area contributed by atoms with Crippen LogP contribution in [0, 0.1) is 11.6 Å². The van der Waals surface area contributed by atoms with Crippen molar-refractivity contribution in [3.05, 3.63) is 69.7 Å². The van der Waals surface area contributed by atoms with Crippen LogP contribution in [-0.4, -0.2) is 5.11 Å². The van der Waals surface area contributed by atoms with Crippen LogP contribution in [0.1, 0.15) is 17.2 Å². The van der Waals surface area contributed by atoms with Crippen LogP contribution in [0.4, 0.5) is 8.78 Å². The van der Waals surface area contributed by atoms with Gasteiger partial charge in [0.25, 0.3) is 0 Å². The molecule has 2 aromatic rings. The van der Waals surface area contributed by atoms with Crippen LogP contribution < -0.4 is 0 Å². The second-order valence-corrected chi connectivity index (χ2v) is 4.88. The molecule has 0 fully saturated rings. The van der Waals surface area contributed by atoms with Crippen LogP contribution in [0.25, 0.3) is 0 Å². The van der Waals surface area contributed by atoms with E-state index in [2.05, 4.69) is 15.9 Å². The van der Waals surface area contributed by atoms with Crippen molar-refractivity contribution in [2.24, 2.45) is 0 Å². The smallest absolute Gasteiger partial charge is 0.137 e. The summed E-state index contributed by atoms with van der Waals surface area (Å²) in [5.74, 6) is -0.711. The highest BCUT2D eigenvalue weighted by Crippen LogP contribution is 2.24. The van der Waals surface area contributed by atoms with Crippen LogP contribution >= 0.6 is 15.9 Å². The summed E-state index contributed by atoms with van der Waals surface area (Å²) in [4.78, 5) is 0. The highest BCUT2D eigenvalue weighted by Gasteiger charge is 2.11. The zero-order valence-electron chi connectivity index (χ0n) is 9.41. The van der Waals surface area contributed by atoms with Crippen molar-refractivity contribution < 1.29 is 13.9 Å². The number of halogens is 3. The molecule has 94 valence electrons. The molecule has 0 saturated carbocycles. The normalized spacial score (nSPS) is 12.4. The number of benzene rings is 2. The highest BCUT2D eigenvalue weighted by atomic mass is 79.9. The van der Waals surface area contributed by atoms with Crippen LogP contribution in [0.5, 0.6) is 0 Å². The molecule has 0 saturated heterocycles. The summed E-state index contributed by atoms with van der Waals surface area (Å²) in [5, 5.41) is 10.0. The Labute approximate surface area is 112 Å². The minimum atomic E-state index is -0.788. The Hall–Kier alpha value is -1.26. The second kappa shape index (κ2) is 5.59. The maximum Gasteiger partial charge on any atom is 0.137 e. The molecule has 0 aliphatic carbocycles. The van der Waals surface area contributed by atoms with E-state index >= 15 is 0 Å². The lowest BCUT2D eigenvalue weighted by Gasteiger charge is -2.11. The summed E-state index contributed by atoms with van der Waals surface area (Å²) in [5.41, 5.74) is 1.29. The molecule has 2 aromatic carbocycles. The summed E-state index contributed by atoms with van der Waals surface area (Å²) in [6, 6.07) is 10.4. The predicted octanol–water partition coefficient (Wildman–Crippen LogP) is 4.00. The minimum absolute atomic E-state index is 0.288. The van der Waals surface area contributed by atoms with E-state index in [1.54, 1.807) is 12.1 Å². The van der Waals surface area contributed by atoms with Gasteiger partial charge in [-0.1, -0.05) is 18.2 Å². The van der Waals surface area contributed by atoms with Crippen molar-refractivity contribution in [1.29, 1.82) is 0 Å². The van der Waals surface area contributed by atoms with E-state index in [4.69, 9.17) is 0 Å². The molecule has 2 rings (SSSR count). The molecular formula is C14H11BrF2O. The van der Waals surface area contributed by atoms with E-state index in [9.17, 15) is 13.9 Å². The molecule has 1 unspecified atom stereocenters. The fourth-order valence-corrected chi connectivity index (χ4v) is 2.12. The van der Waals surface area contributed by atoms with E-state index in [1.165, 1.54) is 30.3 Å². The number of hydrogen-bond acceptors (Lipinski definition) is 1. The number of aliphatic hydroxyl groups excluding tert-OH is 1.